The molecule has 0 radical (unpaired) electrons. The number of likely N-dealkylation sites (tertiary alicyclic amines) is 1. The molecule has 9 nitrogen and oxygen atoms in total. The summed E-state index contributed by atoms with van der Waals surface area (Å²) in [6, 6.07) is 4.55. The smallest absolute Gasteiger partial charge is 0.416 e. The Kier molecular flexibility index (Phi) is 7.25. The van der Waals surface area contributed by atoms with Crippen LogP contribution in [-0.4, -0.2) is 45.6 Å². The van der Waals surface area contributed by atoms with Crippen molar-refractivity contribution in [3.63, 3.8) is 0 Å². The summed E-state index contributed by atoms with van der Waals surface area (Å²) >= 11 is 0. The summed E-state index contributed by atoms with van der Waals surface area (Å²) in [7, 11) is 0. The molecule has 3 heterocycles. The van der Waals surface area contributed by atoms with Crippen molar-refractivity contribution in [1.29, 1.82) is 0 Å². The van der Waals surface area contributed by atoms with Crippen molar-refractivity contribution < 1.29 is 22.7 Å². The summed E-state index contributed by atoms with van der Waals surface area (Å²) in [5.74, 6) is 0.426. The van der Waals surface area contributed by atoms with E-state index in [2.05, 4.69) is 25.6 Å². The Labute approximate surface area is 204 Å². The topological polar surface area (TPSA) is 112 Å². The zero-order chi connectivity index (χ0) is 25.9. The molecule has 36 heavy (non-hydrogen) atoms. The molecule has 0 spiro atoms. The predicted octanol–water partition coefficient (Wildman–Crippen LogP) is 4.41. The van der Waals surface area contributed by atoms with E-state index in [4.69, 9.17) is 4.74 Å². The van der Waals surface area contributed by atoms with Crippen LogP contribution in [0.2, 0.25) is 0 Å². The van der Waals surface area contributed by atoms with Crippen LogP contribution in [-0.2, 0) is 12.7 Å². The molecule has 190 valence electrons. The van der Waals surface area contributed by atoms with Crippen LogP contribution in [0, 0.1) is 6.92 Å². The minimum absolute atomic E-state index is 0.0130. The number of aryl methyl sites for hydroxylation is 1. The second-order valence-electron chi connectivity index (χ2n) is 8.29. The highest BCUT2D eigenvalue weighted by Gasteiger charge is 2.34. The molecule has 0 aliphatic carbocycles. The van der Waals surface area contributed by atoms with E-state index in [0.717, 1.165) is 25.6 Å². The van der Waals surface area contributed by atoms with E-state index in [1.54, 1.807) is 13.8 Å². The first-order chi connectivity index (χ1) is 17.1. The Morgan fingerprint density at radius 3 is 2.64 bits per heavy atom. The lowest BCUT2D eigenvalue weighted by atomic mass is 10.0. The standard InChI is InChI=1S/C24H25F3N6O3/c1-3-36-20-9-16(11-29-22(20)34)21-28-12-19(14(2)30-21)32-23(35)31-17-6-5-15(13-33-7-4-8-33)18(10-17)24(25,26)27/h5-6,9-12H,3-4,7-8,13H2,1-2H3,(H,29,34)(H2,31,32,35). The number of hydrogen-bond acceptors (Lipinski definition) is 6. The van der Waals surface area contributed by atoms with Gasteiger partial charge in [0.05, 0.1) is 29.7 Å². The van der Waals surface area contributed by atoms with E-state index in [0.29, 0.717) is 23.7 Å². The number of halogens is 3. The van der Waals surface area contributed by atoms with Crippen molar-refractivity contribution in [2.45, 2.75) is 33.0 Å². The Morgan fingerprint density at radius 2 is 2.00 bits per heavy atom. The monoisotopic (exact) mass is 502 g/mol. The zero-order valence-corrected chi connectivity index (χ0v) is 19.7. The lowest BCUT2D eigenvalue weighted by Crippen LogP contribution is -2.36. The van der Waals surface area contributed by atoms with Gasteiger partial charge in [-0.3, -0.25) is 9.69 Å². The van der Waals surface area contributed by atoms with Crippen LogP contribution in [0.5, 0.6) is 5.75 Å². The second kappa shape index (κ2) is 10.4. The minimum Gasteiger partial charge on any atom is -0.488 e. The molecule has 2 aromatic heterocycles. The van der Waals surface area contributed by atoms with Crippen LogP contribution in [0.25, 0.3) is 11.4 Å². The number of benzene rings is 1. The Bertz CT molecular complexity index is 1320. The molecular formula is C24H25F3N6O3. The molecule has 2 amide bonds. The van der Waals surface area contributed by atoms with Crippen molar-refractivity contribution in [3.8, 4) is 17.1 Å². The zero-order valence-electron chi connectivity index (χ0n) is 19.7. The summed E-state index contributed by atoms with van der Waals surface area (Å²) in [6.07, 6.45) is -0.744. The Balaban J connectivity index is 1.47. The van der Waals surface area contributed by atoms with E-state index < -0.39 is 17.8 Å². The first-order valence-corrected chi connectivity index (χ1v) is 11.3. The average molecular weight is 502 g/mol. The number of rotatable bonds is 7. The number of amides is 2. The van der Waals surface area contributed by atoms with Gasteiger partial charge in [0.25, 0.3) is 5.56 Å². The van der Waals surface area contributed by atoms with Crippen molar-refractivity contribution in [2.75, 3.05) is 30.3 Å². The highest BCUT2D eigenvalue weighted by atomic mass is 19.4. The number of carbonyl (C=O) groups is 1. The van der Waals surface area contributed by atoms with Crippen molar-refractivity contribution in [3.05, 3.63) is 63.8 Å². The van der Waals surface area contributed by atoms with Crippen molar-refractivity contribution in [1.82, 2.24) is 19.9 Å². The highest BCUT2D eigenvalue weighted by molar-refractivity contribution is 6.00. The number of ether oxygens (including phenoxy) is 1. The average Bonchev–Trinajstić information content (AvgIpc) is 2.79. The second-order valence-corrected chi connectivity index (χ2v) is 8.29. The third kappa shape index (κ3) is 5.82. The molecule has 1 aliphatic heterocycles. The molecule has 1 aliphatic rings. The highest BCUT2D eigenvalue weighted by Crippen LogP contribution is 2.35. The largest absolute Gasteiger partial charge is 0.488 e. The van der Waals surface area contributed by atoms with Gasteiger partial charge < -0.3 is 20.4 Å². The number of alkyl halides is 3. The first kappa shape index (κ1) is 25.2. The number of hydrogen-bond donors (Lipinski definition) is 3. The Hall–Kier alpha value is -3.93. The molecule has 0 unspecified atom stereocenters. The van der Waals surface area contributed by atoms with Gasteiger partial charge in [-0.05, 0) is 57.1 Å². The van der Waals surface area contributed by atoms with Gasteiger partial charge in [0, 0.05) is 24.0 Å². The minimum atomic E-state index is -4.54. The summed E-state index contributed by atoms with van der Waals surface area (Å²) in [5, 5.41) is 4.99. The van der Waals surface area contributed by atoms with E-state index in [-0.39, 0.29) is 34.8 Å². The number of anilines is 2. The number of urea groups is 1. The summed E-state index contributed by atoms with van der Waals surface area (Å²) in [6.45, 7) is 5.47. The fourth-order valence-electron chi connectivity index (χ4n) is 3.70. The van der Waals surface area contributed by atoms with E-state index in [1.807, 2.05) is 4.90 Å². The molecule has 0 saturated carbocycles. The van der Waals surface area contributed by atoms with E-state index >= 15 is 0 Å². The van der Waals surface area contributed by atoms with Gasteiger partial charge in [0.2, 0.25) is 0 Å². The number of nitrogens with one attached hydrogen (secondary N) is 3. The molecule has 3 N–H and O–H groups in total. The van der Waals surface area contributed by atoms with Gasteiger partial charge in [-0.2, -0.15) is 13.2 Å². The molecule has 0 bridgehead atoms. The predicted molar refractivity (Wildman–Crippen MR) is 128 cm³/mol. The summed E-state index contributed by atoms with van der Waals surface area (Å²) in [5.41, 5.74) is 0.228. The SMILES string of the molecule is CCOc1cc(-c2ncc(NC(=O)Nc3ccc(CN4CCC4)c(C(F)(F)F)c3)c(C)n2)c[nH]c1=O. The van der Waals surface area contributed by atoms with Gasteiger partial charge in [-0.1, -0.05) is 6.07 Å². The first-order valence-electron chi connectivity index (χ1n) is 11.3. The number of carbonyl (C=O) groups excluding carboxylic acids is 1. The number of nitrogens with zero attached hydrogens (tertiary/aromatic N) is 3. The third-order valence-corrected chi connectivity index (χ3v) is 5.67. The summed E-state index contributed by atoms with van der Waals surface area (Å²) < 4.78 is 46.1. The molecular weight excluding hydrogens is 477 g/mol. The van der Waals surface area contributed by atoms with E-state index in [1.165, 1.54) is 30.6 Å². The molecule has 1 aromatic carbocycles. The van der Waals surface area contributed by atoms with E-state index in [9.17, 15) is 22.8 Å². The number of aromatic nitrogens is 3. The molecule has 1 fully saturated rings. The van der Waals surface area contributed by atoms with Crippen LogP contribution in [0.4, 0.5) is 29.3 Å². The van der Waals surface area contributed by atoms with Crippen LogP contribution < -0.4 is 20.9 Å². The fourth-order valence-corrected chi connectivity index (χ4v) is 3.70. The Morgan fingerprint density at radius 1 is 1.22 bits per heavy atom. The number of H-pyrrole nitrogens is 1. The number of aromatic amines is 1. The van der Waals surface area contributed by atoms with Gasteiger partial charge in [-0.15, -0.1) is 0 Å². The van der Waals surface area contributed by atoms with Gasteiger partial charge >= 0.3 is 12.2 Å². The lowest BCUT2D eigenvalue weighted by molar-refractivity contribution is -0.138. The molecule has 1 saturated heterocycles. The molecule has 0 atom stereocenters. The maximum Gasteiger partial charge on any atom is 0.416 e. The van der Waals surface area contributed by atoms with Gasteiger partial charge in [-0.25, -0.2) is 14.8 Å². The van der Waals surface area contributed by atoms with Gasteiger partial charge in [0.1, 0.15) is 0 Å². The van der Waals surface area contributed by atoms with Crippen LogP contribution in [0.1, 0.15) is 30.2 Å². The molecule has 3 aromatic rings. The van der Waals surface area contributed by atoms with Crippen molar-refractivity contribution >= 4 is 17.4 Å². The number of pyridine rings is 1. The lowest BCUT2D eigenvalue weighted by Gasteiger charge is -2.31. The maximum atomic E-state index is 13.6. The summed E-state index contributed by atoms with van der Waals surface area (Å²) in [4.78, 5) is 37.4. The maximum absolute atomic E-state index is 13.6. The molecule has 12 heteroatoms. The quantitative estimate of drug-likeness (QED) is 0.441. The normalized spacial score (nSPS) is 13.7. The van der Waals surface area contributed by atoms with Gasteiger partial charge in [0.15, 0.2) is 11.6 Å². The molecule has 4 rings (SSSR count). The van der Waals surface area contributed by atoms with Crippen LogP contribution >= 0.6 is 0 Å². The van der Waals surface area contributed by atoms with Crippen LogP contribution in [0.3, 0.4) is 0 Å². The van der Waals surface area contributed by atoms with Crippen molar-refractivity contribution in [2.24, 2.45) is 0 Å². The third-order valence-electron chi connectivity index (χ3n) is 5.67. The van der Waals surface area contributed by atoms with Crippen LogP contribution in [0.15, 0.2) is 41.5 Å². The fraction of sp³-hybridized carbons (Fsp3) is 0.333.